The summed E-state index contributed by atoms with van der Waals surface area (Å²) in [6, 6.07) is 17.0. The molecule has 0 fully saturated rings. The molecule has 0 saturated carbocycles. The Labute approximate surface area is 101 Å². The first-order valence-electron chi connectivity index (χ1n) is 5.52. The molecule has 0 aromatic heterocycles. The van der Waals surface area contributed by atoms with Crippen LogP contribution in [0.1, 0.15) is 27.8 Å². The first-order valence-corrected chi connectivity index (χ1v) is 6.10. The average Bonchev–Trinajstić information content (AvgIpc) is 2.29. The molecule has 3 radical (unpaired) electrons. The summed E-state index contributed by atoms with van der Waals surface area (Å²) in [5, 5.41) is 0. The van der Waals surface area contributed by atoms with Gasteiger partial charge in [-0.25, -0.2) is 0 Å². The van der Waals surface area contributed by atoms with Crippen LogP contribution >= 0.6 is 0 Å². The van der Waals surface area contributed by atoms with Gasteiger partial charge in [0.25, 0.3) is 0 Å². The molecular formula is C15H15Si. The zero-order valence-electron chi connectivity index (χ0n) is 9.70. The van der Waals surface area contributed by atoms with Gasteiger partial charge < -0.3 is 0 Å². The van der Waals surface area contributed by atoms with E-state index < -0.39 is 0 Å². The van der Waals surface area contributed by atoms with E-state index in [-0.39, 0.29) is 5.54 Å². The van der Waals surface area contributed by atoms with Crippen LogP contribution in [0.4, 0.5) is 0 Å². The van der Waals surface area contributed by atoms with Crippen LogP contribution in [0.2, 0.25) is 0 Å². The second-order valence-electron chi connectivity index (χ2n) is 4.15. The van der Waals surface area contributed by atoms with E-state index in [1.54, 1.807) is 0 Å². The fourth-order valence-corrected chi connectivity index (χ4v) is 2.64. The molecule has 2 aromatic rings. The van der Waals surface area contributed by atoms with Gasteiger partial charge in [-0.05, 0) is 41.6 Å². The van der Waals surface area contributed by atoms with Crippen LogP contribution in [-0.4, -0.2) is 10.2 Å². The maximum absolute atomic E-state index is 3.85. The highest BCUT2D eigenvalue weighted by molar-refractivity contribution is 6.14. The van der Waals surface area contributed by atoms with E-state index in [9.17, 15) is 0 Å². The summed E-state index contributed by atoms with van der Waals surface area (Å²) >= 11 is 0. The van der Waals surface area contributed by atoms with Crippen LogP contribution in [0.5, 0.6) is 0 Å². The molecule has 0 aliphatic carbocycles. The molecule has 0 bridgehead atoms. The highest BCUT2D eigenvalue weighted by atomic mass is 28.1. The molecule has 1 heteroatoms. The van der Waals surface area contributed by atoms with Crippen molar-refractivity contribution in [2.24, 2.45) is 0 Å². The Morgan fingerprint density at radius 1 is 0.750 bits per heavy atom. The van der Waals surface area contributed by atoms with Gasteiger partial charge in [0, 0.05) is 10.2 Å². The van der Waals surface area contributed by atoms with Crippen molar-refractivity contribution in [2.45, 2.75) is 19.4 Å². The van der Waals surface area contributed by atoms with Gasteiger partial charge in [0.15, 0.2) is 0 Å². The lowest BCUT2D eigenvalue weighted by molar-refractivity contribution is 1.09. The molecular weight excluding hydrogens is 208 g/mol. The SMILES string of the molecule is Cc1ccccc1C([Si])c1ccccc1C. The largest absolute Gasteiger partial charge is 0.0620 e. The number of rotatable bonds is 2. The van der Waals surface area contributed by atoms with Crippen LogP contribution < -0.4 is 0 Å². The average molecular weight is 223 g/mol. The number of hydrogen-bond donors (Lipinski definition) is 0. The van der Waals surface area contributed by atoms with Gasteiger partial charge in [-0.3, -0.25) is 0 Å². The van der Waals surface area contributed by atoms with Crippen molar-refractivity contribution in [3.63, 3.8) is 0 Å². The molecule has 0 aliphatic heterocycles. The summed E-state index contributed by atoms with van der Waals surface area (Å²) < 4.78 is 0. The molecule has 0 N–H and O–H groups in total. The predicted octanol–water partition coefficient (Wildman–Crippen LogP) is 3.56. The van der Waals surface area contributed by atoms with Gasteiger partial charge in [-0.15, -0.1) is 0 Å². The molecule has 0 spiro atoms. The van der Waals surface area contributed by atoms with E-state index in [2.05, 4.69) is 72.6 Å². The minimum Gasteiger partial charge on any atom is -0.0620 e. The van der Waals surface area contributed by atoms with Gasteiger partial charge >= 0.3 is 0 Å². The molecule has 0 heterocycles. The standard InChI is InChI=1S/C15H15Si/c1-11-7-3-5-9-13(11)15(16)14-10-6-4-8-12(14)2/h3-10,15H,1-2H3. The van der Waals surface area contributed by atoms with Crippen LogP contribution in [0.15, 0.2) is 48.5 Å². The minimum atomic E-state index is 0.280. The Bertz CT molecular complexity index is 443. The Balaban J connectivity index is 2.44. The van der Waals surface area contributed by atoms with Crippen molar-refractivity contribution in [1.29, 1.82) is 0 Å². The molecule has 2 aromatic carbocycles. The number of benzene rings is 2. The van der Waals surface area contributed by atoms with E-state index in [1.165, 1.54) is 22.3 Å². The lowest BCUT2D eigenvalue weighted by atomic mass is 9.97. The summed E-state index contributed by atoms with van der Waals surface area (Å²) in [7, 11) is 3.85. The third-order valence-corrected chi connectivity index (χ3v) is 3.62. The minimum absolute atomic E-state index is 0.280. The van der Waals surface area contributed by atoms with E-state index in [4.69, 9.17) is 0 Å². The predicted molar refractivity (Wildman–Crippen MR) is 70.0 cm³/mol. The van der Waals surface area contributed by atoms with Gasteiger partial charge in [0.05, 0.1) is 0 Å². The monoisotopic (exact) mass is 223 g/mol. The van der Waals surface area contributed by atoms with Gasteiger partial charge in [-0.1, -0.05) is 48.5 Å². The Morgan fingerprint density at radius 2 is 1.12 bits per heavy atom. The molecule has 0 unspecified atom stereocenters. The van der Waals surface area contributed by atoms with Crippen molar-refractivity contribution in [3.05, 3.63) is 70.8 Å². The smallest absolute Gasteiger partial charge is 0.0396 e. The van der Waals surface area contributed by atoms with E-state index in [1.807, 2.05) is 0 Å². The van der Waals surface area contributed by atoms with Crippen molar-refractivity contribution >= 4 is 10.2 Å². The van der Waals surface area contributed by atoms with Crippen LogP contribution in [0.3, 0.4) is 0 Å². The Hall–Kier alpha value is -1.34. The molecule has 0 saturated heterocycles. The first kappa shape index (κ1) is 11.2. The van der Waals surface area contributed by atoms with Crippen LogP contribution in [0, 0.1) is 13.8 Å². The van der Waals surface area contributed by atoms with Crippen molar-refractivity contribution in [1.82, 2.24) is 0 Å². The molecule has 2 rings (SSSR count). The second-order valence-corrected chi connectivity index (χ2v) is 4.72. The summed E-state index contributed by atoms with van der Waals surface area (Å²) in [6.45, 7) is 4.31. The number of hydrogen-bond acceptors (Lipinski definition) is 0. The third kappa shape index (κ3) is 2.09. The number of aryl methyl sites for hydroxylation is 2. The Morgan fingerprint density at radius 3 is 1.50 bits per heavy atom. The van der Waals surface area contributed by atoms with E-state index in [0.717, 1.165) is 0 Å². The fraction of sp³-hybridized carbons (Fsp3) is 0.200. The Kier molecular flexibility index (Phi) is 3.25. The van der Waals surface area contributed by atoms with Gasteiger partial charge in [-0.2, -0.15) is 0 Å². The normalized spacial score (nSPS) is 10.8. The summed E-state index contributed by atoms with van der Waals surface area (Å²) in [5.41, 5.74) is 5.61. The highest BCUT2D eigenvalue weighted by Crippen LogP contribution is 2.26. The zero-order chi connectivity index (χ0) is 11.5. The van der Waals surface area contributed by atoms with Crippen molar-refractivity contribution < 1.29 is 0 Å². The summed E-state index contributed by atoms with van der Waals surface area (Å²) in [5.74, 6) is 0. The molecule has 0 nitrogen and oxygen atoms in total. The highest BCUT2D eigenvalue weighted by Gasteiger charge is 2.11. The summed E-state index contributed by atoms with van der Waals surface area (Å²) in [4.78, 5) is 0. The topological polar surface area (TPSA) is 0 Å². The zero-order valence-corrected chi connectivity index (χ0v) is 10.7. The van der Waals surface area contributed by atoms with Crippen molar-refractivity contribution in [3.8, 4) is 0 Å². The third-order valence-electron chi connectivity index (χ3n) is 3.00. The van der Waals surface area contributed by atoms with Gasteiger partial charge in [0.2, 0.25) is 0 Å². The molecule has 79 valence electrons. The maximum atomic E-state index is 3.85. The first-order chi connectivity index (χ1) is 7.70. The van der Waals surface area contributed by atoms with E-state index in [0.29, 0.717) is 0 Å². The van der Waals surface area contributed by atoms with Crippen LogP contribution in [0.25, 0.3) is 0 Å². The molecule has 0 aliphatic rings. The van der Waals surface area contributed by atoms with Gasteiger partial charge in [0.1, 0.15) is 0 Å². The molecule has 16 heavy (non-hydrogen) atoms. The summed E-state index contributed by atoms with van der Waals surface area (Å²) in [6.07, 6.45) is 0. The van der Waals surface area contributed by atoms with Crippen molar-refractivity contribution in [2.75, 3.05) is 0 Å². The van der Waals surface area contributed by atoms with Crippen LogP contribution in [-0.2, 0) is 0 Å². The second kappa shape index (κ2) is 4.66. The maximum Gasteiger partial charge on any atom is 0.0396 e. The molecule has 0 atom stereocenters. The van der Waals surface area contributed by atoms with E-state index >= 15 is 0 Å². The quantitative estimate of drug-likeness (QED) is 0.683. The molecule has 0 amide bonds. The lowest BCUT2D eigenvalue weighted by Gasteiger charge is -2.17. The lowest BCUT2D eigenvalue weighted by Crippen LogP contribution is -2.04. The fourth-order valence-electron chi connectivity index (χ4n) is 1.99.